The Balaban J connectivity index is 2.84. The first-order valence-corrected chi connectivity index (χ1v) is 5.18. The molecule has 0 spiro atoms. The smallest absolute Gasteiger partial charge is 0.142 e. The van der Waals surface area contributed by atoms with Crippen LogP contribution in [0.3, 0.4) is 0 Å². The third-order valence-electron chi connectivity index (χ3n) is 2.04. The third kappa shape index (κ3) is 3.07. The van der Waals surface area contributed by atoms with Crippen LogP contribution in [0.15, 0.2) is 6.07 Å². The zero-order chi connectivity index (χ0) is 10.6. The molecule has 0 radical (unpaired) electrons. The number of rotatable bonds is 4. The van der Waals surface area contributed by atoms with E-state index in [1.165, 1.54) is 0 Å². The van der Waals surface area contributed by atoms with E-state index in [9.17, 15) is 0 Å². The fourth-order valence-electron chi connectivity index (χ4n) is 1.27. The van der Waals surface area contributed by atoms with Gasteiger partial charge >= 0.3 is 0 Å². The van der Waals surface area contributed by atoms with Gasteiger partial charge in [0.15, 0.2) is 0 Å². The molecule has 0 amide bonds. The summed E-state index contributed by atoms with van der Waals surface area (Å²) in [7, 11) is 0. The van der Waals surface area contributed by atoms with Gasteiger partial charge in [0.05, 0.1) is 6.54 Å². The summed E-state index contributed by atoms with van der Waals surface area (Å²) < 4.78 is 0. The number of nitrogens with zero attached hydrogens (tertiary/aromatic N) is 2. The lowest BCUT2D eigenvalue weighted by Gasteiger charge is -2.08. The average molecular weight is 193 g/mol. The molecule has 1 aromatic rings. The van der Waals surface area contributed by atoms with Gasteiger partial charge in [-0.25, -0.2) is 9.97 Å². The summed E-state index contributed by atoms with van der Waals surface area (Å²) in [4.78, 5) is 8.88. The van der Waals surface area contributed by atoms with Crippen molar-refractivity contribution < 1.29 is 0 Å². The minimum absolute atomic E-state index is 0.470. The van der Waals surface area contributed by atoms with Crippen molar-refractivity contribution in [1.82, 2.24) is 15.3 Å². The molecule has 0 bridgehead atoms. The molecule has 14 heavy (non-hydrogen) atoms. The molecule has 1 aromatic heterocycles. The van der Waals surface area contributed by atoms with Crippen LogP contribution in [0.2, 0.25) is 0 Å². The van der Waals surface area contributed by atoms with Gasteiger partial charge in [0.25, 0.3) is 0 Å². The lowest BCUT2D eigenvalue weighted by Crippen LogP contribution is -2.15. The van der Waals surface area contributed by atoms with Gasteiger partial charge in [0.1, 0.15) is 5.82 Å². The molecule has 0 saturated carbocycles. The van der Waals surface area contributed by atoms with Gasteiger partial charge in [-0.3, -0.25) is 0 Å². The van der Waals surface area contributed by atoms with Gasteiger partial charge in [0, 0.05) is 11.4 Å². The first-order valence-electron chi connectivity index (χ1n) is 5.18. The zero-order valence-corrected chi connectivity index (χ0v) is 9.46. The Bertz CT molecular complexity index is 295. The SMILES string of the molecule is CCNCc1nc(C)cc(C(C)C)n1. The Morgan fingerprint density at radius 3 is 2.64 bits per heavy atom. The van der Waals surface area contributed by atoms with Gasteiger partial charge in [-0.05, 0) is 25.5 Å². The zero-order valence-electron chi connectivity index (χ0n) is 9.46. The predicted octanol–water partition coefficient (Wildman–Crippen LogP) is 2.02. The Labute approximate surface area is 86.0 Å². The molecule has 1 rings (SSSR count). The van der Waals surface area contributed by atoms with Crippen molar-refractivity contribution in [2.45, 2.75) is 40.2 Å². The molecule has 0 aliphatic rings. The number of nitrogens with one attached hydrogen (secondary N) is 1. The van der Waals surface area contributed by atoms with Crippen LogP contribution in [-0.4, -0.2) is 16.5 Å². The summed E-state index contributed by atoms with van der Waals surface area (Å²) in [6, 6.07) is 2.06. The van der Waals surface area contributed by atoms with Gasteiger partial charge < -0.3 is 5.32 Å². The predicted molar refractivity (Wildman–Crippen MR) is 58.2 cm³/mol. The topological polar surface area (TPSA) is 37.8 Å². The van der Waals surface area contributed by atoms with Crippen molar-refractivity contribution in [3.63, 3.8) is 0 Å². The van der Waals surface area contributed by atoms with E-state index < -0.39 is 0 Å². The summed E-state index contributed by atoms with van der Waals surface area (Å²) in [6.07, 6.45) is 0. The first kappa shape index (κ1) is 11.1. The average Bonchev–Trinajstić information content (AvgIpc) is 2.14. The highest BCUT2D eigenvalue weighted by atomic mass is 15.0. The number of hydrogen-bond donors (Lipinski definition) is 1. The van der Waals surface area contributed by atoms with Crippen LogP contribution < -0.4 is 5.32 Å². The lowest BCUT2D eigenvalue weighted by atomic mass is 10.1. The molecule has 78 valence electrons. The minimum atomic E-state index is 0.470. The van der Waals surface area contributed by atoms with Crippen molar-refractivity contribution in [3.05, 3.63) is 23.3 Å². The molecule has 0 atom stereocenters. The largest absolute Gasteiger partial charge is 0.310 e. The summed E-state index contributed by atoms with van der Waals surface area (Å²) >= 11 is 0. The highest BCUT2D eigenvalue weighted by Crippen LogP contribution is 2.12. The normalized spacial score (nSPS) is 10.9. The first-order chi connectivity index (χ1) is 6.63. The summed E-state index contributed by atoms with van der Waals surface area (Å²) in [6.45, 7) is 10.1. The van der Waals surface area contributed by atoms with Crippen LogP contribution in [0.25, 0.3) is 0 Å². The van der Waals surface area contributed by atoms with E-state index in [1.807, 2.05) is 6.92 Å². The van der Waals surface area contributed by atoms with Gasteiger partial charge in [0.2, 0.25) is 0 Å². The van der Waals surface area contributed by atoms with Gasteiger partial charge in [-0.2, -0.15) is 0 Å². The molecular weight excluding hydrogens is 174 g/mol. The van der Waals surface area contributed by atoms with Crippen LogP contribution in [0.1, 0.15) is 43.9 Å². The van der Waals surface area contributed by atoms with Crippen LogP contribution in [0.4, 0.5) is 0 Å². The minimum Gasteiger partial charge on any atom is -0.310 e. The quantitative estimate of drug-likeness (QED) is 0.795. The standard InChI is InChI=1S/C11H19N3/c1-5-12-7-11-13-9(4)6-10(14-11)8(2)3/h6,8,12H,5,7H2,1-4H3. The van der Waals surface area contributed by atoms with Crippen molar-refractivity contribution in [3.8, 4) is 0 Å². The molecule has 0 aliphatic carbocycles. The molecule has 3 heteroatoms. The van der Waals surface area contributed by atoms with Crippen molar-refractivity contribution >= 4 is 0 Å². The maximum absolute atomic E-state index is 4.50. The van der Waals surface area contributed by atoms with Crippen LogP contribution in [0.5, 0.6) is 0 Å². The summed E-state index contributed by atoms with van der Waals surface area (Å²) in [5.41, 5.74) is 2.18. The second-order valence-electron chi connectivity index (χ2n) is 3.79. The highest BCUT2D eigenvalue weighted by Gasteiger charge is 2.04. The Morgan fingerprint density at radius 2 is 2.07 bits per heavy atom. The molecule has 0 unspecified atom stereocenters. The van der Waals surface area contributed by atoms with Crippen LogP contribution >= 0.6 is 0 Å². The van der Waals surface area contributed by atoms with E-state index in [4.69, 9.17) is 0 Å². The second-order valence-corrected chi connectivity index (χ2v) is 3.79. The molecule has 1 heterocycles. The maximum atomic E-state index is 4.50. The van der Waals surface area contributed by atoms with E-state index in [0.717, 1.165) is 30.3 Å². The maximum Gasteiger partial charge on any atom is 0.142 e. The van der Waals surface area contributed by atoms with Crippen LogP contribution in [-0.2, 0) is 6.54 Å². The number of hydrogen-bond acceptors (Lipinski definition) is 3. The molecule has 0 fully saturated rings. The molecular formula is C11H19N3. The van der Waals surface area contributed by atoms with E-state index in [-0.39, 0.29) is 0 Å². The fraction of sp³-hybridized carbons (Fsp3) is 0.636. The van der Waals surface area contributed by atoms with E-state index in [1.54, 1.807) is 0 Å². The molecule has 1 N–H and O–H groups in total. The monoisotopic (exact) mass is 193 g/mol. The number of aromatic nitrogens is 2. The van der Waals surface area contributed by atoms with E-state index in [0.29, 0.717) is 5.92 Å². The number of aryl methyl sites for hydroxylation is 1. The Kier molecular flexibility index (Phi) is 4.01. The van der Waals surface area contributed by atoms with E-state index >= 15 is 0 Å². The van der Waals surface area contributed by atoms with E-state index in [2.05, 4.69) is 42.1 Å². The van der Waals surface area contributed by atoms with Crippen molar-refractivity contribution in [2.75, 3.05) is 6.54 Å². The fourth-order valence-corrected chi connectivity index (χ4v) is 1.27. The lowest BCUT2D eigenvalue weighted by molar-refractivity contribution is 0.673. The van der Waals surface area contributed by atoms with Crippen molar-refractivity contribution in [1.29, 1.82) is 0 Å². The molecule has 0 aliphatic heterocycles. The van der Waals surface area contributed by atoms with Gasteiger partial charge in [-0.15, -0.1) is 0 Å². The van der Waals surface area contributed by atoms with Crippen molar-refractivity contribution in [2.24, 2.45) is 0 Å². The molecule has 0 saturated heterocycles. The van der Waals surface area contributed by atoms with Crippen LogP contribution in [0, 0.1) is 6.92 Å². The Morgan fingerprint density at radius 1 is 1.36 bits per heavy atom. The van der Waals surface area contributed by atoms with Gasteiger partial charge in [-0.1, -0.05) is 20.8 Å². The third-order valence-corrected chi connectivity index (χ3v) is 2.04. The summed E-state index contributed by atoms with van der Waals surface area (Å²) in [5.74, 6) is 1.37. The summed E-state index contributed by atoms with van der Waals surface area (Å²) in [5, 5.41) is 3.23. The molecule has 0 aromatic carbocycles. The Hall–Kier alpha value is -0.960. The highest BCUT2D eigenvalue weighted by molar-refractivity contribution is 5.13. The second kappa shape index (κ2) is 5.05. The molecule has 3 nitrogen and oxygen atoms in total.